The summed E-state index contributed by atoms with van der Waals surface area (Å²) < 4.78 is 10.5. The molecule has 0 aromatic heterocycles. The van der Waals surface area contributed by atoms with E-state index in [2.05, 4.69) is 10.6 Å². The molecule has 0 saturated carbocycles. The average Bonchev–Trinajstić information content (AvgIpc) is 2.35. The molecule has 0 heterocycles. The first-order valence-corrected chi connectivity index (χ1v) is 6.21. The Balaban J connectivity index is 3.17. The van der Waals surface area contributed by atoms with Gasteiger partial charge in [0.25, 0.3) is 0 Å². The van der Waals surface area contributed by atoms with Crippen molar-refractivity contribution in [1.82, 2.24) is 10.6 Å². The lowest BCUT2D eigenvalue weighted by Crippen LogP contribution is -2.31. The zero-order chi connectivity index (χ0) is 13.8. The number of nitrogens with one attached hydrogen (secondary N) is 2. The summed E-state index contributed by atoms with van der Waals surface area (Å²) >= 11 is 0. The number of ether oxygens (including phenoxy) is 2. The molecule has 2 amide bonds. The standard InChI is InChI=1S/C12H24N2O4/c1-10(2)12(16)14-5-7-18-9-8-17-6-4-11(15)13-3/h10H,4-9H2,1-3H3,(H,13,15)(H,14,16). The number of hydrogen-bond acceptors (Lipinski definition) is 4. The lowest BCUT2D eigenvalue weighted by atomic mass is 10.2. The first-order valence-electron chi connectivity index (χ1n) is 6.21. The summed E-state index contributed by atoms with van der Waals surface area (Å²) in [5.74, 6) is -0.00853. The van der Waals surface area contributed by atoms with E-state index in [1.807, 2.05) is 13.8 Å². The maximum Gasteiger partial charge on any atom is 0.222 e. The fraction of sp³-hybridized carbons (Fsp3) is 0.833. The van der Waals surface area contributed by atoms with Crippen molar-refractivity contribution in [3.8, 4) is 0 Å². The molecule has 6 nitrogen and oxygen atoms in total. The van der Waals surface area contributed by atoms with E-state index in [-0.39, 0.29) is 17.7 Å². The summed E-state index contributed by atoms with van der Waals surface area (Å²) in [7, 11) is 1.59. The zero-order valence-electron chi connectivity index (χ0n) is 11.5. The predicted octanol–water partition coefficient (Wildman–Crippen LogP) is -0.0721. The minimum absolute atomic E-state index is 0.00181. The van der Waals surface area contributed by atoms with E-state index < -0.39 is 0 Å². The number of carbonyl (C=O) groups is 2. The van der Waals surface area contributed by atoms with Crippen LogP contribution in [0.1, 0.15) is 20.3 Å². The Morgan fingerprint density at radius 1 is 1.06 bits per heavy atom. The molecule has 0 radical (unpaired) electrons. The molecule has 0 aliphatic heterocycles. The van der Waals surface area contributed by atoms with Crippen molar-refractivity contribution in [3.63, 3.8) is 0 Å². The average molecular weight is 260 g/mol. The highest BCUT2D eigenvalue weighted by Gasteiger charge is 2.04. The minimum Gasteiger partial charge on any atom is -0.379 e. The van der Waals surface area contributed by atoms with Crippen LogP contribution in [0.2, 0.25) is 0 Å². The Bertz CT molecular complexity index is 244. The molecule has 2 N–H and O–H groups in total. The van der Waals surface area contributed by atoms with Crippen LogP contribution in [0, 0.1) is 5.92 Å². The summed E-state index contributed by atoms with van der Waals surface area (Å²) in [6.07, 6.45) is 0.362. The van der Waals surface area contributed by atoms with Crippen LogP contribution in [-0.4, -0.2) is 51.8 Å². The third kappa shape index (κ3) is 10.0. The van der Waals surface area contributed by atoms with Gasteiger partial charge < -0.3 is 20.1 Å². The van der Waals surface area contributed by atoms with Crippen molar-refractivity contribution in [1.29, 1.82) is 0 Å². The number of hydrogen-bond donors (Lipinski definition) is 2. The Kier molecular flexibility index (Phi) is 10.3. The summed E-state index contributed by atoms with van der Waals surface area (Å²) in [5, 5.41) is 5.26. The number of amides is 2. The van der Waals surface area contributed by atoms with E-state index in [1.54, 1.807) is 7.05 Å². The minimum atomic E-state index is -0.0349. The second kappa shape index (κ2) is 11.0. The molecule has 0 spiro atoms. The van der Waals surface area contributed by atoms with Gasteiger partial charge in [0.1, 0.15) is 0 Å². The zero-order valence-corrected chi connectivity index (χ0v) is 11.5. The molecule has 0 atom stereocenters. The van der Waals surface area contributed by atoms with Crippen molar-refractivity contribution >= 4 is 11.8 Å². The Labute approximate surface area is 108 Å². The normalized spacial score (nSPS) is 10.4. The Morgan fingerprint density at radius 2 is 1.67 bits per heavy atom. The van der Waals surface area contributed by atoms with E-state index in [4.69, 9.17) is 9.47 Å². The number of rotatable bonds is 10. The maximum atomic E-state index is 11.2. The van der Waals surface area contributed by atoms with Gasteiger partial charge >= 0.3 is 0 Å². The number of carbonyl (C=O) groups excluding carboxylic acids is 2. The fourth-order valence-corrected chi connectivity index (χ4v) is 1.06. The molecule has 0 bridgehead atoms. The van der Waals surface area contributed by atoms with Gasteiger partial charge in [-0.1, -0.05) is 13.8 Å². The second-order valence-corrected chi connectivity index (χ2v) is 4.09. The third-order valence-electron chi connectivity index (χ3n) is 2.19. The molecule has 106 valence electrons. The van der Waals surface area contributed by atoms with Crippen LogP contribution >= 0.6 is 0 Å². The lowest BCUT2D eigenvalue weighted by molar-refractivity contribution is -0.124. The summed E-state index contributed by atoms with van der Waals surface area (Å²) in [6.45, 7) is 5.98. The van der Waals surface area contributed by atoms with Gasteiger partial charge in [0.15, 0.2) is 0 Å². The fourth-order valence-electron chi connectivity index (χ4n) is 1.06. The Hall–Kier alpha value is -1.14. The van der Waals surface area contributed by atoms with Gasteiger partial charge in [-0.3, -0.25) is 9.59 Å². The SMILES string of the molecule is CNC(=O)CCOCCOCCNC(=O)C(C)C. The van der Waals surface area contributed by atoms with Crippen molar-refractivity contribution in [2.45, 2.75) is 20.3 Å². The largest absolute Gasteiger partial charge is 0.379 e. The molecule has 0 fully saturated rings. The third-order valence-corrected chi connectivity index (χ3v) is 2.19. The van der Waals surface area contributed by atoms with Crippen LogP contribution in [0.25, 0.3) is 0 Å². The molecule has 0 aliphatic rings. The van der Waals surface area contributed by atoms with E-state index in [0.29, 0.717) is 39.4 Å². The molecule has 0 aliphatic carbocycles. The predicted molar refractivity (Wildman–Crippen MR) is 68.2 cm³/mol. The van der Waals surface area contributed by atoms with E-state index in [9.17, 15) is 9.59 Å². The van der Waals surface area contributed by atoms with E-state index >= 15 is 0 Å². The van der Waals surface area contributed by atoms with Crippen molar-refractivity contribution in [2.24, 2.45) is 5.92 Å². The molecule has 0 aromatic rings. The van der Waals surface area contributed by atoms with E-state index in [1.165, 1.54) is 0 Å². The highest BCUT2D eigenvalue weighted by atomic mass is 16.5. The van der Waals surface area contributed by atoms with Crippen molar-refractivity contribution in [2.75, 3.05) is 40.0 Å². The molecule has 6 heteroatoms. The van der Waals surface area contributed by atoms with Crippen LogP contribution in [0.15, 0.2) is 0 Å². The van der Waals surface area contributed by atoms with Crippen LogP contribution in [0.4, 0.5) is 0 Å². The van der Waals surface area contributed by atoms with Gasteiger partial charge in [-0.05, 0) is 0 Å². The second-order valence-electron chi connectivity index (χ2n) is 4.09. The van der Waals surface area contributed by atoms with Crippen LogP contribution in [0.5, 0.6) is 0 Å². The summed E-state index contributed by atoms with van der Waals surface area (Å²) in [6, 6.07) is 0. The maximum absolute atomic E-state index is 11.2. The molecule has 0 saturated heterocycles. The Morgan fingerprint density at radius 3 is 2.22 bits per heavy atom. The molecular formula is C12H24N2O4. The van der Waals surface area contributed by atoms with Gasteiger partial charge in [0.05, 0.1) is 26.4 Å². The van der Waals surface area contributed by atoms with Gasteiger partial charge in [0, 0.05) is 25.9 Å². The molecule has 0 aromatic carbocycles. The van der Waals surface area contributed by atoms with Gasteiger partial charge in [0.2, 0.25) is 11.8 Å². The summed E-state index contributed by atoms with van der Waals surface area (Å²) in [5.41, 5.74) is 0. The first-order chi connectivity index (χ1) is 8.57. The van der Waals surface area contributed by atoms with Gasteiger partial charge in [-0.15, -0.1) is 0 Å². The topological polar surface area (TPSA) is 76.7 Å². The van der Waals surface area contributed by atoms with Crippen LogP contribution in [-0.2, 0) is 19.1 Å². The van der Waals surface area contributed by atoms with Crippen molar-refractivity contribution in [3.05, 3.63) is 0 Å². The highest BCUT2D eigenvalue weighted by Crippen LogP contribution is 1.89. The molecule has 0 rings (SSSR count). The van der Waals surface area contributed by atoms with Crippen LogP contribution < -0.4 is 10.6 Å². The van der Waals surface area contributed by atoms with Crippen LogP contribution in [0.3, 0.4) is 0 Å². The van der Waals surface area contributed by atoms with E-state index in [0.717, 1.165) is 0 Å². The van der Waals surface area contributed by atoms with Gasteiger partial charge in [-0.2, -0.15) is 0 Å². The molecular weight excluding hydrogens is 236 g/mol. The smallest absolute Gasteiger partial charge is 0.222 e. The lowest BCUT2D eigenvalue weighted by Gasteiger charge is -2.08. The molecule has 0 unspecified atom stereocenters. The first kappa shape index (κ1) is 16.9. The monoisotopic (exact) mass is 260 g/mol. The summed E-state index contributed by atoms with van der Waals surface area (Å²) in [4.78, 5) is 22.0. The molecule has 18 heavy (non-hydrogen) atoms. The quantitative estimate of drug-likeness (QED) is 0.539. The van der Waals surface area contributed by atoms with Gasteiger partial charge in [-0.25, -0.2) is 0 Å². The van der Waals surface area contributed by atoms with Crippen molar-refractivity contribution < 1.29 is 19.1 Å². The highest BCUT2D eigenvalue weighted by molar-refractivity contribution is 5.77.